The van der Waals surface area contributed by atoms with Crippen molar-refractivity contribution in [1.82, 2.24) is 19.7 Å². The van der Waals surface area contributed by atoms with Crippen molar-refractivity contribution in [3.8, 4) is 0 Å². The lowest BCUT2D eigenvalue weighted by Gasteiger charge is -2.31. The fraction of sp³-hybridized carbons (Fsp3) is 0.360. The van der Waals surface area contributed by atoms with E-state index >= 15 is 0 Å². The van der Waals surface area contributed by atoms with Gasteiger partial charge in [0.1, 0.15) is 5.69 Å². The van der Waals surface area contributed by atoms with E-state index in [1.807, 2.05) is 43.3 Å². The Balaban J connectivity index is 1.47. The van der Waals surface area contributed by atoms with Crippen LogP contribution in [0.15, 0.2) is 42.6 Å². The predicted octanol–water partition coefficient (Wildman–Crippen LogP) is 4.66. The lowest BCUT2D eigenvalue weighted by molar-refractivity contribution is -0.186. The summed E-state index contributed by atoms with van der Waals surface area (Å²) in [7, 11) is 3.00. The highest BCUT2D eigenvalue weighted by Gasteiger charge is 2.43. The molecule has 0 saturated carbocycles. The molecule has 4 rings (SSSR count). The number of alkyl halides is 3. The Morgan fingerprint density at radius 1 is 1.24 bits per heavy atom. The molecule has 2 heterocycles. The van der Waals surface area contributed by atoms with Crippen molar-refractivity contribution in [3.05, 3.63) is 65.1 Å². The molecule has 0 aliphatic heterocycles. The quantitative estimate of drug-likeness (QED) is 0.509. The molecule has 0 N–H and O–H groups in total. The largest absolute Gasteiger partial charge is 0.471 e. The van der Waals surface area contributed by atoms with E-state index in [1.54, 1.807) is 17.9 Å². The number of allylic oxidation sites excluding steroid dienone is 1. The van der Waals surface area contributed by atoms with Gasteiger partial charge in [0.15, 0.2) is 5.78 Å². The number of rotatable bonds is 5. The first-order chi connectivity index (χ1) is 16.1. The Labute approximate surface area is 195 Å². The summed E-state index contributed by atoms with van der Waals surface area (Å²) in [6, 6.07) is 8.99. The summed E-state index contributed by atoms with van der Waals surface area (Å²) in [5.41, 5.74) is 4.68. The molecule has 1 aromatic carbocycles. The van der Waals surface area contributed by atoms with Gasteiger partial charge in [-0.15, -0.1) is 0 Å². The maximum absolute atomic E-state index is 12.9. The summed E-state index contributed by atoms with van der Waals surface area (Å²) in [4.78, 5) is 29.8. The van der Waals surface area contributed by atoms with Crippen LogP contribution in [0.4, 0.5) is 13.2 Å². The summed E-state index contributed by atoms with van der Waals surface area (Å²) in [6.45, 7) is 1.90. The SMILES string of the molecule is Cc1cc(CC(=O)c2nn(C)c3ccccc23)cnc1C1=CCC(N(C)C(=O)C(F)(F)F)CC1. The third-order valence-corrected chi connectivity index (χ3v) is 6.32. The summed E-state index contributed by atoms with van der Waals surface area (Å²) in [5.74, 6) is -1.92. The zero-order chi connectivity index (χ0) is 24.6. The average molecular weight is 470 g/mol. The van der Waals surface area contributed by atoms with E-state index in [2.05, 4.69) is 10.1 Å². The third kappa shape index (κ3) is 4.60. The summed E-state index contributed by atoms with van der Waals surface area (Å²) < 4.78 is 39.8. The first-order valence-electron chi connectivity index (χ1n) is 11.0. The van der Waals surface area contributed by atoms with Crippen molar-refractivity contribution >= 4 is 28.2 Å². The monoisotopic (exact) mass is 470 g/mol. The third-order valence-electron chi connectivity index (χ3n) is 6.32. The number of para-hydroxylation sites is 1. The van der Waals surface area contributed by atoms with Gasteiger partial charge in [0, 0.05) is 38.1 Å². The molecule has 0 saturated heterocycles. The number of aryl methyl sites for hydroxylation is 2. The van der Waals surface area contributed by atoms with Crippen LogP contribution in [-0.2, 0) is 18.3 Å². The van der Waals surface area contributed by atoms with Crippen molar-refractivity contribution in [3.63, 3.8) is 0 Å². The normalized spacial score (nSPS) is 16.4. The van der Waals surface area contributed by atoms with Gasteiger partial charge in [-0.05, 0) is 49.0 Å². The molecule has 178 valence electrons. The Morgan fingerprint density at radius 3 is 2.62 bits per heavy atom. The highest BCUT2D eigenvalue weighted by Crippen LogP contribution is 2.31. The van der Waals surface area contributed by atoms with Gasteiger partial charge >= 0.3 is 12.1 Å². The zero-order valence-corrected chi connectivity index (χ0v) is 19.2. The maximum atomic E-state index is 12.9. The number of ketones is 1. The number of carbonyl (C=O) groups excluding carboxylic acids is 2. The topological polar surface area (TPSA) is 68.1 Å². The number of nitrogens with zero attached hydrogens (tertiary/aromatic N) is 4. The van der Waals surface area contributed by atoms with Crippen LogP contribution in [0.1, 0.15) is 46.6 Å². The molecule has 1 aliphatic rings. The minimum absolute atomic E-state index is 0.0946. The molecule has 3 aromatic rings. The number of pyridine rings is 1. The van der Waals surface area contributed by atoms with Crippen LogP contribution in [-0.4, -0.2) is 50.6 Å². The molecule has 1 amide bonds. The van der Waals surface area contributed by atoms with E-state index in [1.165, 1.54) is 7.05 Å². The molecule has 1 atom stereocenters. The van der Waals surface area contributed by atoms with Crippen molar-refractivity contribution in [2.45, 2.75) is 44.8 Å². The fourth-order valence-electron chi connectivity index (χ4n) is 4.51. The second-order valence-corrected chi connectivity index (χ2v) is 8.67. The number of Topliss-reactive ketones (excluding diaryl/α,β-unsaturated/α-hetero) is 1. The number of hydrogen-bond donors (Lipinski definition) is 0. The maximum Gasteiger partial charge on any atom is 0.471 e. The molecule has 0 radical (unpaired) electrons. The Hall–Kier alpha value is -3.49. The molecule has 1 unspecified atom stereocenters. The van der Waals surface area contributed by atoms with Gasteiger partial charge < -0.3 is 4.90 Å². The van der Waals surface area contributed by atoms with Gasteiger partial charge in [0.25, 0.3) is 0 Å². The lowest BCUT2D eigenvalue weighted by atomic mass is 9.90. The van der Waals surface area contributed by atoms with Gasteiger partial charge in [0.05, 0.1) is 11.2 Å². The van der Waals surface area contributed by atoms with E-state index in [0.29, 0.717) is 25.0 Å². The number of benzene rings is 1. The van der Waals surface area contributed by atoms with Gasteiger partial charge in [-0.2, -0.15) is 18.3 Å². The van der Waals surface area contributed by atoms with Crippen LogP contribution in [0.3, 0.4) is 0 Å². The summed E-state index contributed by atoms with van der Waals surface area (Å²) in [5, 5.41) is 5.20. The van der Waals surface area contributed by atoms with Crippen LogP contribution in [0.5, 0.6) is 0 Å². The molecule has 34 heavy (non-hydrogen) atoms. The molecule has 9 heteroatoms. The minimum Gasteiger partial charge on any atom is -0.335 e. The molecule has 0 bridgehead atoms. The molecular weight excluding hydrogens is 445 g/mol. The Morgan fingerprint density at radius 2 is 1.97 bits per heavy atom. The Bertz CT molecular complexity index is 1290. The van der Waals surface area contributed by atoms with Crippen molar-refractivity contribution in [2.75, 3.05) is 7.05 Å². The first-order valence-corrected chi connectivity index (χ1v) is 11.0. The number of halogens is 3. The molecule has 0 spiro atoms. The second kappa shape index (κ2) is 9.04. The minimum atomic E-state index is -4.87. The summed E-state index contributed by atoms with van der Waals surface area (Å²) in [6.07, 6.45) is 0.102. The number of carbonyl (C=O) groups is 2. The van der Waals surface area contributed by atoms with Gasteiger partial charge in [-0.25, -0.2) is 0 Å². The van der Waals surface area contributed by atoms with Crippen LogP contribution < -0.4 is 0 Å². The predicted molar refractivity (Wildman–Crippen MR) is 122 cm³/mol. The smallest absolute Gasteiger partial charge is 0.335 e. The van der Waals surface area contributed by atoms with Crippen LogP contribution in [0.2, 0.25) is 0 Å². The van der Waals surface area contributed by atoms with E-state index < -0.39 is 18.1 Å². The van der Waals surface area contributed by atoms with Crippen LogP contribution in [0, 0.1) is 6.92 Å². The van der Waals surface area contributed by atoms with Crippen LogP contribution in [0.25, 0.3) is 16.5 Å². The lowest BCUT2D eigenvalue weighted by Crippen LogP contribution is -2.45. The number of hydrogen-bond acceptors (Lipinski definition) is 4. The average Bonchev–Trinajstić information content (AvgIpc) is 3.15. The van der Waals surface area contributed by atoms with E-state index in [9.17, 15) is 22.8 Å². The molecular formula is C25H25F3N4O2. The van der Waals surface area contributed by atoms with E-state index in [4.69, 9.17) is 0 Å². The highest BCUT2D eigenvalue weighted by molar-refractivity contribution is 6.06. The molecule has 0 fully saturated rings. The van der Waals surface area contributed by atoms with E-state index in [-0.39, 0.29) is 12.2 Å². The van der Waals surface area contributed by atoms with E-state index in [0.717, 1.165) is 38.2 Å². The van der Waals surface area contributed by atoms with Crippen molar-refractivity contribution < 1.29 is 22.8 Å². The zero-order valence-electron chi connectivity index (χ0n) is 19.2. The van der Waals surface area contributed by atoms with Crippen molar-refractivity contribution in [2.24, 2.45) is 7.05 Å². The van der Waals surface area contributed by atoms with Gasteiger partial charge in [-0.3, -0.25) is 19.3 Å². The molecule has 1 aliphatic carbocycles. The number of amides is 1. The number of aromatic nitrogens is 3. The fourth-order valence-corrected chi connectivity index (χ4v) is 4.51. The van der Waals surface area contributed by atoms with Gasteiger partial charge in [-0.1, -0.05) is 30.3 Å². The second-order valence-electron chi connectivity index (χ2n) is 8.67. The van der Waals surface area contributed by atoms with Crippen LogP contribution >= 0.6 is 0 Å². The van der Waals surface area contributed by atoms with Gasteiger partial charge in [0.2, 0.25) is 0 Å². The summed E-state index contributed by atoms with van der Waals surface area (Å²) >= 11 is 0. The molecule has 2 aromatic heterocycles. The first kappa shape index (κ1) is 23.7. The highest BCUT2D eigenvalue weighted by atomic mass is 19.4. The standard InChI is InChI=1S/C25H25F3N4O2/c1-15-12-16(13-21(33)23-19-6-4-5-7-20(19)32(3)30-23)14-29-22(15)17-8-10-18(11-9-17)31(2)24(34)25(26,27)28/h4-8,12,14,18H,9-11,13H2,1-3H3. The van der Waals surface area contributed by atoms with Crippen molar-refractivity contribution in [1.29, 1.82) is 0 Å². The Kier molecular flexibility index (Phi) is 6.29. The molecule has 6 nitrogen and oxygen atoms in total. The number of fused-ring (bicyclic) bond motifs is 1.